The molecule has 0 unspecified atom stereocenters. The third kappa shape index (κ3) is 4.00. The van der Waals surface area contributed by atoms with Gasteiger partial charge in [0.25, 0.3) is 0 Å². The normalized spacial score (nSPS) is 9.37. The lowest BCUT2D eigenvalue weighted by molar-refractivity contribution is 0.435. The van der Waals surface area contributed by atoms with Gasteiger partial charge in [0.15, 0.2) is 11.6 Å². The van der Waals surface area contributed by atoms with Gasteiger partial charge in [0.05, 0.1) is 4.47 Å². The monoisotopic (exact) mass is 326 g/mol. The van der Waals surface area contributed by atoms with Crippen LogP contribution in [0.1, 0.15) is 5.56 Å². The van der Waals surface area contributed by atoms with Crippen LogP contribution in [0.4, 0.5) is 8.78 Å². The molecule has 98 valence electrons. The SMILES string of the molecule is Cc1ccc(Br)c(Oc2ccc(F)cc2F)c1.N#N. The summed E-state index contributed by atoms with van der Waals surface area (Å²) >= 11 is 3.31. The van der Waals surface area contributed by atoms with Crippen molar-refractivity contribution in [3.05, 3.63) is 58.1 Å². The molecule has 2 aromatic rings. The first-order valence-electron chi connectivity index (χ1n) is 5.15. The first-order valence-corrected chi connectivity index (χ1v) is 5.94. The zero-order valence-electron chi connectivity index (χ0n) is 9.90. The maximum Gasteiger partial charge on any atom is 0.168 e. The van der Waals surface area contributed by atoms with Crippen molar-refractivity contribution in [2.45, 2.75) is 6.92 Å². The van der Waals surface area contributed by atoms with Gasteiger partial charge in [0.2, 0.25) is 0 Å². The molecule has 0 aromatic heterocycles. The van der Waals surface area contributed by atoms with E-state index in [1.807, 2.05) is 19.1 Å². The first-order chi connectivity index (χ1) is 9.06. The Kier molecular flexibility index (Phi) is 5.39. The fourth-order valence-corrected chi connectivity index (χ4v) is 1.69. The zero-order chi connectivity index (χ0) is 14.4. The van der Waals surface area contributed by atoms with E-state index in [2.05, 4.69) is 15.9 Å². The van der Waals surface area contributed by atoms with Gasteiger partial charge in [-0.25, -0.2) is 8.78 Å². The highest BCUT2D eigenvalue weighted by Crippen LogP contribution is 2.31. The Morgan fingerprint density at radius 1 is 1.00 bits per heavy atom. The van der Waals surface area contributed by atoms with Crippen molar-refractivity contribution in [2.75, 3.05) is 0 Å². The average molecular weight is 327 g/mol. The van der Waals surface area contributed by atoms with Crippen LogP contribution in [-0.4, -0.2) is 0 Å². The minimum absolute atomic E-state index is 0.00213. The predicted molar refractivity (Wildman–Crippen MR) is 68.8 cm³/mol. The van der Waals surface area contributed by atoms with E-state index in [0.29, 0.717) is 10.2 Å². The van der Waals surface area contributed by atoms with Crippen LogP contribution in [0.15, 0.2) is 40.9 Å². The molecule has 2 aromatic carbocycles. The quantitative estimate of drug-likeness (QED) is 0.740. The number of rotatable bonds is 2. The van der Waals surface area contributed by atoms with E-state index in [9.17, 15) is 8.78 Å². The zero-order valence-corrected chi connectivity index (χ0v) is 11.5. The molecule has 0 atom stereocenters. The largest absolute Gasteiger partial charge is 0.453 e. The van der Waals surface area contributed by atoms with Gasteiger partial charge in [-0.1, -0.05) is 6.07 Å². The molecular formula is C13H9BrF2N2O. The molecular weight excluding hydrogens is 318 g/mol. The fourth-order valence-electron chi connectivity index (χ4n) is 1.37. The van der Waals surface area contributed by atoms with Crippen LogP contribution < -0.4 is 4.74 Å². The minimum atomic E-state index is -0.724. The van der Waals surface area contributed by atoms with E-state index in [1.165, 1.54) is 6.07 Å². The van der Waals surface area contributed by atoms with Crippen molar-refractivity contribution in [1.82, 2.24) is 0 Å². The van der Waals surface area contributed by atoms with Crippen molar-refractivity contribution in [1.29, 1.82) is 10.8 Å². The van der Waals surface area contributed by atoms with E-state index < -0.39 is 11.6 Å². The number of nitrogens with zero attached hydrogens (tertiary/aromatic N) is 2. The highest BCUT2D eigenvalue weighted by atomic mass is 79.9. The lowest BCUT2D eigenvalue weighted by Gasteiger charge is -2.09. The highest BCUT2D eigenvalue weighted by Gasteiger charge is 2.08. The molecule has 3 nitrogen and oxygen atoms in total. The summed E-state index contributed by atoms with van der Waals surface area (Å²) in [4.78, 5) is 0. The topological polar surface area (TPSA) is 56.8 Å². The molecule has 19 heavy (non-hydrogen) atoms. The summed E-state index contributed by atoms with van der Waals surface area (Å²) in [6.45, 7) is 1.90. The molecule has 0 aliphatic heterocycles. The van der Waals surface area contributed by atoms with Crippen LogP contribution in [0.25, 0.3) is 0 Å². The Hall–Kier alpha value is -2.00. The number of hydrogen-bond donors (Lipinski definition) is 0. The standard InChI is InChI=1S/C13H9BrF2O.N2/c1-8-2-4-10(14)13(6-8)17-12-5-3-9(15)7-11(12)16;1-2/h2-7H,1H3;. The number of aryl methyl sites for hydroxylation is 1. The van der Waals surface area contributed by atoms with Crippen LogP contribution in [-0.2, 0) is 0 Å². The van der Waals surface area contributed by atoms with Gasteiger partial charge in [0.1, 0.15) is 11.6 Å². The molecule has 0 aliphatic carbocycles. The molecule has 0 N–H and O–H groups in total. The molecule has 0 heterocycles. The lowest BCUT2D eigenvalue weighted by atomic mass is 10.2. The molecule has 0 amide bonds. The van der Waals surface area contributed by atoms with Crippen molar-refractivity contribution < 1.29 is 13.5 Å². The number of hydrogen-bond acceptors (Lipinski definition) is 3. The van der Waals surface area contributed by atoms with Crippen LogP contribution in [0.2, 0.25) is 0 Å². The molecule has 0 saturated heterocycles. The van der Waals surface area contributed by atoms with Crippen LogP contribution in [0.5, 0.6) is 11.5 Å². The summed E-state index contributed by atoms with van der Waals surface area (Å²) in [6, 6.07) is 8.69. The molecule has 0 aliphatic rings. The highest BCUT2D eigenvalue weighted by molar-refractivity contribution is 9.10. The third-order valence-electron chi connectivity index (χ3n) is 2.20. The predicted octanol–water partition coefficient (Wildman–Crippen LogP) is 4.86. The Morgan fingerprint density at radius 3 is 2.32 bits per heavy atom. The van der Waals surface area contributed by atoms with Crippen LogP contribution in [0, 0.1) is 29.3 Å². The van der Waals surface area contributed by atoms with Crippen LogP contribution in [0.3, 0.4) is 0 Å². The Morgan fingerprint density at radius 2 is 1.68 bits per heavy atom. The molecule has 0 fully saturated rings. The molecule has 2 rings (SSSR count). The second-order valence-electron chi connectivity index (χ2n) is 3.61. The summed E-state index contributed by atoms with van der Waals surface area (Å²) in [5.41, 5.74) is 0.991. The third-order valence-corrected chi connectivity index (χ3v) is 2.86. The number of halogens is 3. The van der Waals surface area contributed by atoms with Gasteiger partial charge in [-0.15, -0.1) is 0 Å². The van der Waals surface area contributed by atoms with Crippen LogP contribution >= 0.6 is 15.9 Å². The smallest absolute Gasteiger partial charge is 0.168 e. The van der Waals surface area contributed by atoms with E-state index >= 15 is 0 Å². The average Bonchev–Trinajstić information content (AvgIpc) is 2.39. The van der Waals surface area contributed by atoms with Gasteiger partial charge >= 0.3 is 0 Å². The lowest BCUT2D eigenvalue weighted by Crippen LogP contribution is -1.90. The van der Waals surface area contributed by atoms with E-state index in [4.69, 9.17) is 15.5 Å². The summed E-state index contributed by atoms with van der Waals surface area (Å²) in [5, 5.41) is 12.0. The van der Waals surface area contributed by atoms with Gasteiger partial charge in [-0.2, -0.15) is 0 Å². The van der Waals surface area contributed by atoms with Crippen molar-refractivity contribution >= 4 is 15.9 Å². The van der Waals surface area contributed by atoms with E-state index in [0.717, 1.165) is 17.7 Å². The van der Waals surface area contributed by atoms with Crippen molar-refractivity contribution in [3.63, 3.8) is 0 Å². The summed E-state index contributed by atoms with van der Waals surface area (Å²) in [5.74, 6) is -0.857. The molecule has 0 spiro atoms. The first kappa shape index (κ1) is 15.1. The Labute approximate surface area is 117 Å². The number of benzene rings is 2. The summed E-state index contributed by atoms with van der Waals surface area (Å²) in [7, 11) is 0. The second-order valence-corrected chi connectivity index (χ2v) is 4.47. The second kappa shape index (κ2) is 6.81. The fraction of sp³-hybridized carbons (Fsp3) is 0.0769. The Bertz CT molecular complexity index is 602. The summed E-state index contributed by atoms with van der Waals surface area (Å²) < 4.78 is 32.2. The van der Waals surface area contributed by atoms with Gasteiger partial charge in [-0.05, 0) is 52.7 Å². The van der Waals surface area contributed by atoms with Gasteiger partial charge in [-0.3, -0.25) is 0 Å². The molecule has 0 saturated carbocycles. The number of ether oxygens (including phenoxy) is 1. The van der Waals surface area contributed by atoms with Gasteiger partial charge < -0.3 is 4.74 Å². The van der Waals surface area contributed by atoms with E-state index in [-0.39, 0.29) is 5.75 Å². The Balaban J connectivity index is 0.000000861. The minimum Gasteiger partial charge on any atom is -0.453 e. The van der Waals surface area contributed by atoms with Crippen molar-refractivity contribution in [3.8, 4) is 11.5 Å². The molecule has 0 radical (unpaired) electrons. The van der Waals surface area contributed by atoms with E-state index in [1.54, 1.807) is 6.07 Å². The van der Waals surface area contributed by atoms with Gasteiger partial charge in [0, 0.05) is 16.9 Å². The van der Waals surface area contributed by atoms with Crippen molar-refractivity contribution in [2.24, 2.45) is 0 Å². The molecule has 6 heteroatoms. The summed E-state index contributed by atoms with van der Waals surface area (Å²) in [6.07, 6.45) is 0. The maximum atomic E-state index is 13.4. The maximum absolute atomic E-state index is 13.4. The molecule has 0 bridgehead atoms.